The fraction of sp³-hybridized carbons (Fsp3) is 0.176. The van der Waals surface area contributed by atoms with Gasteiger partial charge in [-0.3, -0.25) is 9.78 Å². The molecule has 4 heteroatoms. The molecule has 3 aromatic rings. The van der Waals surface area contributed by atoms with E-state index in [1.54, 1.807) is 6.20 Å². The molecular weight excluding hydrogens is 262 g/mol. The van der Waals surface area contributed by atoms with Crippen LogP contribution in [0.1, 0.15) is 15.9 Å². The van der Waals surface area contributed by atoms with Crippen LogP contribution in [0.25, 0.3) is 10.9 Å². The number of aryl methyl sites for hydroxylation is 1. The number of aromatic nitrogens is 2. The minimum absolute atomic E-state index is 0.0358. The lowest BCUT2D eigenvalue weighted by atomic mass is 10.1. The van der Waals surface area contributed by atoms with Crippen molar-refractivity contribution in [2.24, 2.45) is 7.05 Å². The first kappa shape index (κ1) is 13.4. The van der Waals surface area contributed by atoms with Gasteiger partial charge in [-0.25, -0.2) is 0 Å². The molecule has 0 saturated heterocycles. The monoisotopic (exact) mass is 279 g/mol. The van der Waals surface area contributed by atoms with Crippen LogP contribution in [0.4, 0.5) is 0 Å². The Hall–Kier alpha value is -2.62. The smallest absolute Gasteiger partial charge is 0.253 e. The third kappa shape index (κ3) is 2.79. The van der Waals surface area contributed by atoms with Crippen molar-refractivity contribution in [1.82, 2.24) is 14.9 Å². The number of hydrogen-bond donors (Lipinski definition) is 1. The van der Waals surface area contributed by atoms with Crippen LogP contribution in [0.5, 0.6) is 0 Å². The van der Waals surface area contributed by atoms with Crippen molar-refractivity contribution in [2.45, 2.75) is 6.42 Å². The first-order valence-electron chi connectivity index (χ1n) is 6.97. The summed E-state index contributed by atoms with van der Waals surface area (Å²) in [6.45, 7) is 0.603. The summed E-state index contributed by atoms with van der Waals surface area (Å²) in [5.41, 5.74) is 2.80. The number of nitrogens with zero attached hydrogens (tertiary/aromatic N) is 2. The first-order valence-corrected chi connectivity index (χ1v) is 6.97. The molecule has 106 valence electrons. The Bertz CT molecular complexity index is 762. The normalized spacial score (nSPS) is 10.7. The summed E-state index contributed by atoms with van der Waals surface area (Å²) in [6, 6.07) is 11.7. The van der Waals surface area contributed by atoms with Crippen molar-refractivity contribution in [2.75, 3.05) is 6.54 Å². The summed E-state index contributed by atoms with van der Waals surface area (Å²) in [5.74, 6) is -0.0358. The van der Waals surface area contributed by atoms with Crippen molar-refractivity contribution >= 4 is 16.8 Å². The van der Waals surface area contributed by atoms with E-state index in [-0.39, 0.29) is 5.91 Å². The van der Waals surface area contributed by atoms with E-state index in [2.05, 4.69) is 10.3 Å². The Morgan fingerprint density at radius 1 is 1.24 bits per heavy atom. The average molecular weight is 279 g/mol. The Labute approximate surface area is 123 Å². The van der Waals surface area contributed by atoms with Crippen LogP contribution in [-0.4, -0.2) is 22.0 Å². The third-order valence-corrected chi connectivity index (χ3v) is 3.56. The maximum atomic E-state index is 12.4. The number of nitrogens with one attached hydrogen (secondary N) is 1. The minimum atomic E-state index is -0.0358. The number of rotatable bonds is 4. The van der Waals surface area contributed by atoms with Crippen molar-refractivity contribution in [1.29, 1.82) is 0 Å². The highest BCUT2D eigenvalue weighted by molar-refractivity contribution is 6.05. The molecule has 0 atom stereocenters. The fourth-order valence-corrected chi connectivity index (χ4v) is 2.50. The van der Waals surface area contributed by atoms with Crippen LogP contribution in [0.2, 0.25) is 0 Å². The molecule has 0 aliphatic carbocycles. The number of carbonyl (C=O) groups excluding carboxylic acids is 1. The summed E-state index contributed by atoms with van der Waals surface area (Å²) in [6.07, 6.45) is 6.32. The number of benzene rings is 1. The van der Waals surface area contributed by atoms with Crippen molar-refractivity contribution in [3.8, 4) is 0 Å². The molecule has 0 radical (unpaired) electrons. The van der Waals surface area contributed by atoms with E-state index in [1.807, 2.05) is 60.4 Å². The van der Waals surface area contributed by atoms with Crippen LogP contribution in [0.3, 0.4) is 0 Å². The summed E-state index contributed by atoms with van der Waals surface area (Å²) in [5, 5.41) is 4.06. The van der Waals surface area contributed by atoms with Gasteiger partial charge in [-0.2, -0.15) is 0 Å². The van der Waals surface area contributed by atoms with E-state index in [1.165, 1.54) is 0 Å². The summed E-state index contributed by atoms with van der Waals surface area (Å²) in [4.78, 5) is 16.4. The highest BCUT2D eigenvalue weighted by atomic mass is 16.1. The Morgan fingerprint density at radius 3 is 2.95 bits per heavy atom. The largest absolute Gasteiger partial charge is 0.352 e. The average Bonchev–Trinajstić information content (AvgIpc) is 2.90. The zero-order valence-corrected chi connectivity index (χ0v) is 11.9. The molecule has 2 heterocycles. The highest BCUT2D eigenvalue weighted by Crippen LogP contribution is 2.19. The highest BCUT2D eigenvalue weighted by Gasteiger charge is 2.11. The van der Waals surface area contributed by atoms with Crippen LogP contribution < -0.4 is 5.32 Å². The van der Waals surface area contributed by atoms with Crippen LogP contribution >= 0.6 is 0 Å². The van der Waals surface area contributed by atoms with Gasteiger partial charge in [0.05, 0.1) is 11.1 Å². The maximum Gasteiger partial charge on any atom is 0.253 e. The Kier molecular flexibility index (Phi) is 3.69. The van der Waals surface area contributed by atoms with E-state index >= 15 is 0 Å². The second kappa shape index (κ2) is 5.79. The third-order valence-electron chi connectivity index (χ3n) is 3.56. The summed E-state index contributed by atoms with van der Waals surface area (Å²) >= 11 is 0. The molecule has 1 N–H and O–H groups in total. The number of carbonyl (C=O) groups is 1. The van der Waals surface area contributed by atoms with Crippen molar-refractivity contribution < 1.29 is 4.79 Å². The van der Waals surface area contributed by atoms with Gasteiger partial charge >= 0.3 is 0 Å². The summed E-state index contributed by atoms with van der Waals surface area (Å²) < 4.78 is 1.98. The van der Waals surface area contributed by atoms with Crippen LogP contribution in [-0.2, 0) is 13.5 Å². The molecule has 0 bridgehead atoms. The quantitative estimate of drug-likeness (QED) is 0.798. The number of para-hydroxylation sites is 1. The lowest BCUT2D eigenvalue weighted by Crippen LogP contribution is -2.26. The summed E-state index contributed by atoms with van der Waals surface area (Å²) in [7, 11) is 1.95. The number of fused-ring (bicyclic) bond motifs is 1. The van der Waals surface area contributed by atoms with Gasteiger partial charge < -0.3 is 9.88 Å². The standard InChI is InChI=1S/C17H17N3O/c1-20-11-8-14-5-2-6-15(16(14)20)17(21)19-10-7-13-4-3-9-18-12-13/h2-6,8-9,11-12H,7,10H2,1H3,(H,19,21). The molecule has 0 unspecified atom stereocenters. The SMILES string of the molecule is Cn1ccc2cccc(C(=O)NCCc3cccnc3)c21. The van der Waals surface area contributed by atoms with E-state index < -0.39 is 0 Å². The molecule has 0 fully saturated rings. The molecule has 1 amide bonds. The van der Waals surface area contributed by atoms with E-state index in [4.69, 9.17) is 0 Å². The molecule has 4 nitrogen and oxygen atoms in total. The Morgan fingerprint density at radius 2 is 2.14 bits per heavy atom. The topological polar surface area (TPSA) is 46.9 Å². The maximum absolute atomic E-state index is 12.4. The Balaban J connectivity index is 1.71. The fourth-order valence-electron chi connectivity index (χ4n) is 2.50. The predicted octanol–water partition coefficient (Wildman–Crippen LogP) is 2.55. The second-order valence-electron chi connectivity index (χ2n) is 5.04. The molecule has 0 saturated carbocycles. The minimum Gasteiger partial charge on any atom is -0.352 e. The van der Waals surface area contributed by atoms with Crippen molar-refractivity contribution in [3.63, 3.8) is 0 Å². The molecule has 0 aliphatic rings. The van der Waals surface area contributed by atoms with E-state index in [0.717, 1.165) is 22.9 Å². The van der Waals surface area contributed by atoms with Crippen LogP contribution in [0.15, 0.2) is 55.0 Å². The molecule has 1 aromatic carbocycles. The van der Waals surface area contributed by atoms with Gasteiger partial charge in [0.15, 0.2) is 0 Å². The molecule has 0 spiro atoms. The van der Waals surface area contributed by atoms with Gasteiger partial charge in [0.25, 0.3) is 5.91 Å². The van der Waals surface area contributed by atoms with Gasteiger partial charge in [-0.1, -0.05) is 18.2 Å². The molecular formula is C17H17N3O. The zero-order chi connectivity index (χ0) is 14.7. The molecule has 0 aliphatic heterocycles. The lowest BCUT2D eigenvalue weighted by Gasteiger charge is -2.08. The van der Waals surface area contributed by atoms with Crippen LogP contribution in [0, 0.1) is 0 Å². The van der Waals surface area contributed by atoms with Gasteiger partial charge in [0.1, 0.15) is 0 Å². The van der Waals surface area contributed by atoms with Gasteiger partial charge in [-0.05, 0) is 30.2 Å². The van der Waals surface area contributed by atoms with Gasteiger partial charge in [0, 0.05) is 37.6 Å². The zero-order valence-electron chi connectivity index (χ0n) is 11.9. The van der Waals surface area contributed by atoms with Crippen molar-refractivity contribution in [3.05, 3.63) is 66.1 Å². The second-order valence-corrected chi connectivity index (χ2v) is 5.04. The first-order chi connectivity index (χ1) is 10.3. The van der Waals surface area contributed by atoms with Gasteiger partial charge in [0.2, 0.25) is 0 Å². The molecule has 21 heavy (non-hydrogen) atoms. The predicted molar refractivity (Wildman–Crippen MR) is 83.2 cm³/mol. The number of hydrogen-bond acceptors (Lipinski definition) is 2. The number of pyridine rings is 1. The number of amides is 1. The van der Waals surface area contributed by atoms with E-state index in [0.29, 0.717) is 12.1 Å². The molecule has 2 aromatic heterocycles. The molecule has 3 rings (SSSR count). The van der Waals surface area contributed by atoms with Gasteiger partial charge in [-0.15, -0.1) is 0 Å². The lowest BCUT2D eigenvalue weighted by molar-refractivity contribution is 0.0955. The van der Waals surface area contributed by atoms with E-state index in [9.17, 15) is 4.79 Å².